The highest BCUT2D eigenvalue weighted by Gasteiger charge is 2.29. The van der Waals surface area contributed by atoms with E-state index in [0.29, 0.717) is 19.3 Å². The highest BCUT2D eigenvalue weighted by Crippen LogP contribution is 2.45. The Morgan fingerprint density at radius 1 is 0.277 bits per heavy atom. The van der Waals surface area contributed by atoms with Crippen LogP contribution in [0, 0.1) is 0 Å². The summed E-state index contributed by atoms with van der Waals surface area (Å²) in [6.07, 6.45) is 86.3. The number of allylic oxidation sites excluding steroid dienone is 14. The number of hydrogen-bond acceptors (Lipinski definition) is 14. The fraction of sp³-hybridized carbons (Fsp3) is 0.795. The van der Waals surface area contributed by atoms with E-state index in [2.05, 4.69) is 106 Å². The van der Waals surface area contributed by atoms with E-state index in [1.165, 1.54) is 186 Å². The Bertz CT molecular complexity index is 2180. The number of carbonyl (C=O) groups is 3. The van der Waals surface area contributed by atoms with Gasteiger partial charge in [0.2, 0.25) is 0 Å². The summed E-state index contributed by atoms with van der Waals surface area (Å²) in [5, 5.41) is 20.6. The van der Waals surface area contributed by atoms with Crippen molar-refractivity contribution >= 4 is 33.6 Å². The van der Waals surface area contributed by atoms with Crippen LogP contribution in [0.1, 0.15) is 367 Å². The number of phosphoric ester groups is 2. The first-order valence-corrected chi connectivity index (χ1v) is 43.9. The average molecular weight is 1470 g/mol. The molecule has 0 aliphatic heterocycles. The first-order valence-electron chi connectivity index (χ1n) is 40.9. The number of rotatable bonds is 78. The maximum atomic E-state index is 13.0. The third kappa shape index (κ3) is 77.6. The van der Waals surface area contributed by atoms with Crippen LogP contribution in [-0.4, -0.2) is 95.9 Å². The van der Waals surface area contributed by atoms with Gasteiger partial charge in [0, 0.05) is 19.3 Å². The average Bonchev–Trinajstić information content (AvgIpc) is 0.980. The van der Waals surface area contributed by atoms with Gasteiger partial charge in [-0.05, 0) is 103 Å². The van der Waals surface area contributed by atoms with Crippen molar-refractivity contribution in [1.29, 1.82) is 0 Å². The van der Waals surface area contributed by atoms with E-state index in [1.54, 1.807) is 0 Å². The van der Waals surface area contributed by atoms with Gasteiger partial charge in [0.05, 0.1) is 26.4 Å². The summed E-state index contributed by atoms with van der Waals surface area (Å²) in [6, 6.07) is 0. The van der Waals surface area contributed by atoms with Crippen molar-refractivity contribution in [2.75, 3.05) is 39.6 Å². The van der Waals surface area contributed by atoms with Gasteiger partial charge >= 0.3 is 33.6 Å². The molecule has 0 heterocycles. The van der Waals surface area contributed by atoms with Gasteiger partial charge in [-0.15, -0.1) is 0 Å². The normalized spacial score (nSPS) is 14.4. The zero-order valence-electron chi connectivity index (χ0n) is 64.3. The minimum Gasteiger partial charge on any atom is -0.463 e. The van der Waals surface area contributed by atoms with Crippen LogP contribution in [0.5, 0.6) is 0 Å². The molecule has 0 spiro atoms. The number of phosphoric acid groups is 2. The smallest absolute Gasteiger partial charge is 0.463 e. The minimum atomic E-state index is -4.93. The van der Waals surface area contributed by atoms with E-state index in [9.17, 15) is 43.5 Å². The zero-order valence-corrected chi connectivity index (χ0v) is 66.1. The summed E-state index contributed by atoms with van der Waals surface area (Å²) in [5.74, 6) is -1.57. The molecule has 101 heavy (non-hydrogen) atoms. The van der Waals surface area contributed by atoms with E-state index >= 15 is 0 Å². The molecule has 0 saturated carbocycles. The van der Waals surface area contributed by atoms with E-state index in [0.717, 1.165) is 122 Å². The van der Waals surface area contributed by atoms with E-state index in [4.69, 9.17) is 32.3 Å². The van der Waals surface area contributed by atoms with Crippen LogP contribution in [0.25, 0.3) is 0 Å². The highest BCUT2D eigenvalue weighted by atomic mass is 31.2. The van der Waals surface area contributed by atoms with Gasteiger partial charge in [-0.3, -0.25) is 32.5 Å². The van der Waals surface area contributed by atoms with Crippen molar-refractivity contribution in [1.82, 2.24) is 0 Å². The van der Waals surface area contributed by atoms with Crippen molar-refractivity contribution in [2.24, 2.45) is 0 Å². The van der Waals surface area contributed by atoms with Crippen LogP contribution in [0.3, 0.4) is 0 Å². The summed E-state index contributed by atoms with van der Waals surface area (Å²) in [4.78, 5) is 58.7. The number of unbranched alkanes of at least 4 members (excludes halogenated alkanes) is 41. The molecule has 0 aromatic heterocycles. The zero-order chi connectivity index (χ0) is 73.7. The molecule has 0 aromatic carbocycles. The Balaban J connectivity index is 4.46. The first kappa shape index (κ1) is 97.7. The lowest BCUT2D eigenvalue weighted by Gasteiger charge is -2.21. The van der Waals surface area contributed by atoms with Crippen LogP contribution in [0.15, 0.2) is 85.1 Å². The number of aliphatic hydroxyl groups excluding tert-OH is 2. The lowest BCUT2D eigenvalue weighted by atomic mass is 10.0. The van der Waals surface area contributed by atoms with Crippen LogP contribution in [0.4, 0.5) is 0 Å². The highest BCUT2D eigenvalue weighted by molar-refractivity contribution is 7.47. The molecule has 5 unspecified atom stereocenters. The van der Waals surface area contributed by atoms with Crippen molar-refractivity contribution in [3.8, 4) is 0 Å². The second-order valence-electron chi connectivity index (χ2n) is 27.6. The van der Waals surface area contributed by atoms with Crippen molar-refractivity contribution in [2.45, 2.75) is 386 Å². The molecule has 0 radical (unpaired) electrons. The molecule has 16 nitrogen and oxygen atoms in total. The summed E-state index contributed by atoms with van der Waals surface area (Å²) in [5.41, 5.74) is 0. The molecule has 0 fully saturated rings. The molecule has 5 atom stereocenters. The number of esters is 3. The van der Waals surface area contributed by atoms with E-state index < -0.39 is 91.5 Å². The molecule has 0 saturated heterocycles. The van der Waals surface area contributed by atoms with Crippen molar-refractivity contribution < 1.29 is 75.8 Å². The Morgan fingerprint density at radius 3 is 0.802 bits per heavy atom. The second-order valence-corrected chi connectivity index (χ2v) is 30.5. The molecule has 4 N–H and O–H groups in total. The molecule has 588 valence electrons. The van der Waals surface area contributed by atoms with Crippen LogP contribution < -0.4 is 0 Å². The van der Waals surface area contributed by atoms with Gasteiger partial charge in [-0.25, -0.2) is 9.13 Å². The Kier molecular flexibility index (Phi) is 73.9. The van der Waals surface area contributed by atoms with E-state index in [1.807, 2.05) is 0 Å². The van der Waals surface area contributed by atoms with E-state index in [-0.39, 0.29) is 19.3 Å². The molecular formula is C83H150O16P2. The topological polar surface area (TPSA) is 231 Å². The lowest BCUT2D eigenvalue weighted by molar-refractivity contribution is -0.161. The summed E-state index contributed by atoms with van der Waals surface area (Å²) >= 11 is 0. The van der Waals surface area contributed by atoms with Gasteiger partial charge in [0.15, 0.2) is 6.10 Å². The van der Waals surface area contributed by atoms with Gasteiger partial charge in [0.25, 0.3) is 0 Å². The Morgan fingerprint density at radius 2 is 0.495 bits per heavy atom. The number of ether oxygens (including phenoxy) is 3. The number of aliphatic hydroxyl groups is 2. The quantitative estimate of drug-likeness (QED) is 0.0146. The number of hydrogen-bond donors (Lipinski definition) is 4. The predicted molar refractivity (Wildman–Crippen MR) is 418 cm³/mol. The standard InChI is InChI=1S/C83H150O16P2/c1-4-7-10-13-16-19-22-25-28-30-32-33-34-35-36-37-38-39-40-41-42-43-45-47-49-51-54-57-60-63-66-69-81(86)93-72-78(84)73-95-100(89,90)96-74-79(85)75-97-101(91,92)98-77-80(99-83(88)71-68-65-62-59-56-53-48-27-24-21-18-15-12-9-6-3)76-94-82(87)70-67-64-61-58-55-52-50-46-44-31-29-26-23-20-17-14-11-8-5-2/h16-17,19-20,25-26,28-29,32-33,35-36,44,46,78-80,84-85H,4-15,18,21-24,27,30-31,34,37-43,45,47-77H2,1-3H3,(H,89,90)(H,91,92)/b19-16-,20-17-,28-25-,29-26-,33-32-,36-35-,46-44-. The summed E-state index contributed by atoms with van der Waals surface area (Å²) in [6.45, 7) is 2.67. The maximum Gasteiger partial charge on any atom is 0.472 e. The predicted octanol–water partition coefficient (Wildman–Crippen LogP) is 24.0. The molecule has 0 bridgehead atoms. The Labute approximate surface area is 616 Å². The van der Waals surface area contributed by atoms with Gasteiger partial charge < -0.3 is 34.2 Å². The lowest BCUT2D eigenvalue weighted by Crippen LogP contribution is -2.30. The fourth-order valence-electron chi connectivity index (χ4n) is 11.3. The maximum absolute atomic E-state index is 13.0. The molecule has 0 amide bonds. The van der Waals surface area contributed by atoms with Gasteiger partial charge in [-0.1, -0.05) is 331 Å². The largest absolute Gasteiger partial charge is 0.472 e. The molecule has 0 rings (SSSR count). The molecule has 0 aliphatic rings. The van der Waals surface area contributed by atoms with Crippen molar-refractivity contribution in [3.05, 3.63) is 85.1 Å². The van der Waals surface area contributed by atoms with Crippen LogP contribution in [-0.2, 0) is 55.8 Å². The minimum absolute atomic E-state index is 0.107. The van der Waals surface area contributed by atoms with Crippen LogP contribution >= 0.6 is 15.6 Å². The first-order chi connectivity index (χ1) is 49.2. The van der Waals surface area contributed by atoms with Crippen molar-refractivity contribution in [3.63, 3.8) is 0 Å². The summed E-state index contributed by atoms with van der Waals surface area (Å²) in [7, 11) is -9.78. The third-order valence-electron chi connectivity index (χ3n) is 17.6. The van der Waals surface area contributed by atoms with Gasteiger partial charge in [-0.2, -0.15) is 0 Å². The molecule has 0 aromatic rings. The molecular weight excluding hydrogens is 1310 g/mol. The van der Waals surface area contributed by atoms with Gasteiger partial charge in [0.1, 0.15) is 25.4 Å². The summed E-state index contributed by atoms with van der Waals surface area (Å²) < 4.78 is 61.2. The molecule has 18 heteroatoms. The Hall–Kier alpha value is -3.27. The number of carbonyl (C=O) groups excluding carboxylic acids is 3. The fourth-order valence-corrected chi connectivity index (χ4v) is 12.9. The second kappa shape index (κ2) is 76.4. The van der Waals surface area contributed by atoms with Crippen LogP contribution in [0.2, 0.25) is 0 Å². The monoisotopic (exact) mass is 1470 g/mol. The SMILES string of the molecule is CCCCC/C=C\C/C=C\C/C=C\C/C=C\CCCCCCCCCCCCCCCCCC(=O)OCC(O)COP(=O)(O)OCC(O)COP(=O)(O)OCC(COC(=O)CCCCCCCC/C=C\C/C=C\C/C=C\CCCCC)OC(=O)CCCCCCCCCCCCCCCCC. The third-order valence-corrected chi connectivity index (χ3v) is 19.5. The molecule has 0 aliphatic carbocycles.